The van der Waals surface area contributed by atoms with Crippen LogP contribution in [0.5, 0.6) is 5.75 Å². The quantitative estimate of drug-likeness (QED) is 0.775. The van der Waals surface area contributed by atoms with Crippen LogP contribution in [0.4, 0.5) is 5.82 Å². The fraction of sp³-hybridized carbons (Fsp3) is 0.0625. The lowest BCUT2D eigenvalue weighted by Crippen LogP contribution is -2.11. The van der Waals surface area contributed by atoms with Gasteiger partial charge in [0.2, 0.25) is 0 Å². The number of H-pyrrole nitrogens is 1. The maximum absolute atomic E-state index is 12.1. The summed E-state index contributed by atoms with van der Waals surface area (Å²) >= 11 is 0. The molecule has 0 saturated carbocycles. The minimum Gasteiger partial charge on any atom is -0.497 e. The zero-order valence-electron chi connectivity index (χ0n) is 11.9. The third kappa shape index (κ3) is 2.95. The topological polar surface area (TPSA) is 79.9 Å². The van der Waals surface area contributed by atoms with Gasteiger partial charge in [-0.1, -0.05) is 0 Å². The summed E-state index contributed by atoms with van der Waals surface area (Å²) in [6.07, 6.45) is 3.40. The Hall–Kier alpha value is -3.15. The van der Waals surface area contributed by atoms with E-state index in [1.165, 1.54) is 0 Å². The lowest BCUT2D eigenvalue weighted by molar-refractivity contribution is 0.102. The average Bonchev–Trinajstić information content (AvgIpc) is 3.04. The van der Waals surface area contributed by atoms with Gasteiger partial charge < -0.3 is 10.1 Å². The standard InChI is InChI=1S/C16H14N4O2/c1-22-13-4-2-12(3-5-13)16(21)18-15-10-14(19-20-15)11-6-8-17-9-7-11/h2-10H,1H3,(H2,18,19,20,21). The molecule has 110 valence electrons. The molecule has 3 aromatic rings. The van der Waals surface area contributed by atoms with E-state index in [2.05, 4.69) is 20.5 Å². The molecule has 2 N–H and O–H groups in total. The first-order valence-corrected chi connectivity index (χ1v) is 6.67. The van der Waals surface area contributed by atoms with Crippen LogP contribution in [0.3, 0.4) is 0 Å². The van der Waals surface area contributed by atoms with Crippen LogP contribution in [0.1, 0.15) is 10.4 Å². The van der Waals surface area contributed by atoms with Crippen molar-refractivity contribution in [3.8, 4) is 17.0 Å². The Bertz CT molecular complexity index is 766. The minimum atomic E-state index is -0.226. The Morgan fingerprint density at radius 1 is 1.14 bits per heavy atom. The van der Waals surface area contributed by atoms with Crippen LogP contribution in [-0.4, -0.2) is 28.2 Å². The normalized spacial score (nSPS) is 10.2. The van der Waals surface area contributed by atoms with E-state index in [-0.39, 0.29) is 5.91 Å². The smallest absolute Gasteiger partial charge is 0.256 e. The predicted molar refractivity (Wildman–Crippen MR) is 82.8 cm³/mol. The van der Waals surface area contributed by atoms with Gasteiger partial charge in [-0.3, -0.25) is 14.9 Å². The Morgan fingerprint density at radius 2 is 1.86 bits per heavy atom. The van der Waals surface area contributed by atoms with Crippen LogP contribution in [0.15, 0.2) is 54.9 Å². The number of aromatic nitrogens is 3. The van der Waals surface area contributed by atoms with Crippen molar-refractivity contribution in [3.63, 3.8) is 0 Å². The van der Waals surface area contributed by atoms with Crippen molar-refractivity contribution >= 4 is 11.7 Å². The molecule has 1 amide bonds. The third-order valence-corrected chi connectivity index (χ3v) is 3.16. The van der Waals surface area contributed by atoms with E-state index in [4.69, 9.17) is 4.74 Å². The van der Waals surface area contributed by atoms with Crippen LogP contribution in [0.25, 0.3) is 11.3 Å². The highest BCUT2D eigenvalue weighted by Crippen LogP contribution is 2.19. The number of amides is 1. The van der Waals surface area contributed by atoms with Gasteiger partial charge in [0.25, 0.3) is 5.91 Å². The molecule has 22 heavy (non-hydrogen) atoms. The molecule has 0 atom stereocenters. The second-order valence-electron chi connectivity index (χ2n) is 4.59. The number of methoxy groups -OCH3 is 1. The van der Waals surface area contributed by atoms with Gasteiger partial charge in [0, 0.05) is 29.6 Å². The molecular formula is C16H14N4O2. The van der Waals surface area contributed by atoms with Gasteiger partial charge in [0.15, 0.2) is 5.82 Å². The van der Waals surface area contributed by atoms with Crippen molar-refractivity contribution in [2.45, 2.75) is 0 Å². The number of aromatic amines is 1. The van der Waals surface area contributed by atoms with E-state index in [9.17, 15) is 4.79 Å². The van der Waals surface area contributed by atoms with E-state index in [1.54, 1.807) is 49.8 Å². The largest absolute Gasteiger partial charge is 0.497 e. The molecule has 2 aromatic heterocycles. The van der Waals surface area contributed by atoms with E-state index in [0.29, 0.717) is 17.1 Å². The van der Waals surface area contributed by atoms with Gasteiger partial charge in [0.1, 0.15) is 5.75 Å². The van der Waals surface area contributed by atoms with E-state index in [0.717, 1.165) is 11.3 Å². The fourth-order valence-corrected chi connectivity index (χ4v) is 2.00. The third-order valence-electron chi connectivity index (χ3n) is 3.16. The number of ether oxygens (including phenoxy) is 1. The number of carbonyl (C=O) groups is 1. The number of hydrogen-bond donors (Lipinski definition) is 2. The van der Waals surface area contributed by atoms with Crippen molar-refractivity contribution in [1.29, 1.82) is 0 Å². The summed E-state index contributed by atoms with van der Waals surface area (Å²) in [6, 6.07) is 12.4. The summed E-state index contributed by atoms with van der Waals surface area (Å²) in [5.41, 5.74) is 2.30. The van der Waals surface area contributed by atoms with E-state index >= 15 is 0 Å². The highest BCUT2D eigenvalue weighted by atomic mass is 16.5. The van der Waals surface area contributed by atoms with Crippen molar-refractivity contribution in [1.82, 2.24) is 15.2 Å². The molecule has 0 spiro atoms. The highest BCUT2D eigenvalue weighted by Gasteiger charge is 2.09. The van der Waals surface area contributed by atoms with Gasteiger partial charge in [-0.15, -0.1) is 0 Å². The Labute approximate surface area is 127 Å². The van der Waals surface area contributed by atoms with E-state index in [1.807, 2.05) is 12.1 Å². The molecule has 0 aliphatic heterocycles. The number of rotatable bonds is 4. The Morgan fingerprint density at radius 3 is 2.55 bits per heavy atom. The fourth-order valence-electron chi connectivity index (χ4n) is 2.00. The molecule has 3 rings (SSSR count). The van der Waals surface area contributed by atoms with Gasteiger partial charge >= 0.3 is 0 Å². The molecular weight excluding hydrogens is 280 g/mol. The monoisotopic (exact) mass is 294 g/mol. The molecule has 0 unspecified atom stereocenters. The second kappa shape index (κ2) is 6.09. The first kappa shape index (κ1) is 13.8. The van der Waals surface area contributed by atoms with Crippen molar-refractivity contribution < 1.29 is 9.53 Å². The van der Waals surface area contributed by atoms with Crippen LogP contribution in [-0.2, 0) is 0 Å². The van der Waals surface area contributed by atoms with Crippen LogP contribution in [0.2, 0.25) is 0 Å². The molecule has 0 saturated heterocycles. The van der Waals surface area contributed by atoms with Gasteiger partial charge in [-0.2, -0.15) is 5.10 Å². The number of nitrogens with one attached hydrogen (secondary N) is 2. The summed E-state index contributed by atoms with van der Waals surface area (Å²) in [5, 5.41) is 9.72. The van der Waals surface area contributed by atoms with E-state index < -0.39 is 0 Å². The van der Waals surface area contributed by atoms with Gasteiger partial charge in [-0.25, -0.2) is 0 Å². The maximum atomic E-state index is 12.1. The molecule has 0 aliphatic carbocycles. The maximum Gasteiger partial charge on any atom is 0.256 e. The molecule has 6 heteroatoms. The number of benzene rings is 1. The molecule has 0 aliphatic rings. The first-order valence-electron chi connectivity index (χ1n) is 6.67. The summed E-state index contributed by atoms with van der Waals surface area (Å²) < 4.78 is 5.07. The summed E-state index contributed by atoms with van der Waals surface area (Å²) in [4.78, 5) is 16.1. The van der Waals surface area contributed by atoms with Crippen LogP contribution in [0, 0.1) is 0 Å². The minimum absolute atomic E-state index is 0.226. The average molecular weight is 294 g/mol. The van der Waals surface area contributed by atoms with Crippen molar-refractivity contribution in [2.75, 3.05) is 12.4 Å². The zero-order chi connectivity index (χ0) is 15.4. The summed E-state index contributed by atoms with van der Waals surface area (Å²) in [5.74, 6) is 0.944. The van der Waals surface area contributed by atoms with Gasteiger partial charge in [-0.05, 0) is 36.4 Å². The number of anilines is 1. The SMILES string of the molecule is COc1ccc(C(=O)Nc2cc(-c3ccncc3)[nH]n2)cc1. The highest BCUT2D eigenvalue weighted by molar-refractivity contribution is 6.04. The second-order valence-corrected chi connectivity index (χ2v) is 4.59. The first-order chi connectivity index (χ1) is 10.8. The Balaban J connectivity index is 1.73. The van der Waals surface area contributed by atoms with Crippen molar-refractivity contribution in [2.24, 2.45) is 0 Å². The van der Waals surface area contributed by atoms with Crippen LogP contribution >= 0.6 is 0 Å². The van der Waals surface area contributed by atoms with Crippen LogP contribution < -0.4 is 10.1 Å². The number of pyridine rings is 1. The zero-order valence-corrected chi connectivity index (χ0v) is 11.9. The number of hydrogen-bond acceptors (Lipinski definition) is 4. The molecule has 2 heterocycles. The lowest BCUT2D eigenvalue weighted by atomic mass is 10.2. The summed E-state index contributed by atoms with van der Waals surface area (Å²) in [7, 11) is 1.58. The van der Waals surface area contributed by atoms with Crippen molar-refractivity contribution in [3.05, 3.63) is 60.4 Å². The molecule has 1 aromatic carbocycles. The summed E-state index contributed by atoms with van der Waals surface area (Å²) in [6.45, 7) is 0. The molecule has 0 radical (unpaired) electrons. The Kier molecular flexibility index (Phi) is 3.82. The van der Waals surface area contributed by atoms with Gasteiger partial charge in [0.05, 0.1) is 12.8 Å². The lowest BCUT2D eigenvalue weighted by Gasteiger charge is -2.03. The molecule has 0 bridgehead atoms. The molecule has 0 fully saturated rings. The molecule has 6 nitrogen and oxygen atoms in total. The predicted octanol–water partition coefficient (Wildman–Crippen LogP) is 2.73. The number of nitrogens with zero attached hydrogens (tertiary/aromatic N) is 2. The number of carbonyl (C=O) groups excluding carboxylic acids is 1.